The fraction of sp³-hybridized carbons (Fsp3) is 0.250. The highest BCUT2D eigenvalue weighted by atomic mass is 19.3. The molecule has 3 nitrogen and oxygen atoms in total. The lowest BCUT2D eigenvalue weighted by Gasteiger charge is -2.06. The number of halogens is 4. The van der Waals surface area contributed by atoms with Gasteiger partial charge in [0.05, 0.1) is 17.6 Å². The molecular formula is C12H11F4N3. The Bertz CT molecular complexity index is 580. The molecule has 0 bridgehead atoms. The van der Waals surface area contributed by atoms with E-state index in [4.69, 9.17) is 0 Å². The van der Waals surface area contributed by atoms with Gasteiger partial charge in [-0.05, 0) is 25.1 Å². The summed E-state index contributed by atoms with van der Waals surface area (Å²) in [6, 6.07) is 3.08. The van der Waals surface area contributed by atoms with Crippen molar-refractivity contribution in [3.63, 3.8) is 0 Å². The first-order valence-corrected chi connectivity index (χ1v) is 5.49. The Morgan fingerprint density at radius 2 is 2.05 bits per heavy atom. The molecule has 1 N–H and O–H groups in total. The number of benzene rings is 1. The average molecular weight is 273 g/mol. The fourth-order valence-corrected chi connectivity index (χ4v) is 1.62. The van der Waals surface area contributed by atoms with E-state index in [-0.39, 0.29) is 12.1 Å². The summed E-state index contributed by atoms with van der Waals surface area (Å²) in [5, 5.41) is 6.35. The molecule has 0 spiro atoms. The van der Waals surface area contributed by atoms with Crippen molar-refractivity contribution in [2.75, 3.05) is 5.32 Å². The van der Waals surface area contributed by atoms with Crippen LogP contribution in [0.1, 0.15) is 17.8 Å². The minimum Gasteiger partial charge on any atom is -0.378 e. The third-order valence-corrected chi connectivity index (χ3v) is 2.59. The van der Waals surface area contributed by atoms with Gasteiger partial charge < -0.3 is 5.32 Å². The topological polar surface area (TPSA) is 29.9 Å². The van der Waals surface area contributed by atoms with Crippen LogP contribution in [0.4, 0.5) is 23.2 Å². The van der Waals surface area contributed by atoms with Gasteiger partial charge in [-0.15, -0.1) is 0 Å². The van der Waals surface area contributed by atoms with Crippen LogP contribution in [0, 0.1) is 18.6 Å². The van der Waals surface area contributed by atoms with Crippen LogP contribution in [-0.2, 0) is 6.54 Å². The molecule has 0 radical (unpaired) electrons. The Morgan fingerprint density at radius 3 is 2.68 bits per heavy atom. The van der Waals surface area contributed by atoms with Crippen LogP contribution >= 0.6 is 0 Å². The van der Waals surface area contributed by atoms with Gasteiger partial charge in [0.25, 0.3) is 0 Å². The zero-order valence-electron chi connectivity index (χ0n) is 10.0. The van der Waals surface area contributed by atoms with Crippen LogP contribution in [0.3, 0.4) is 0 Å². The lowest BCUT2D eigenvalue weighted by Crippen LogP contribution is -2.02. The van der Waals surface area contributed by atoms with E-state index in [0.29, 0.717) is 16.1 Å². The highest BCUT2D eigenvalue weighted by molar-refractivity contribution is 5.46. The van der Waals surface area contributed by atoms with Crippen LogP contribution < -0.4 is 5.32 Å². The zero-order chi connectivity index (χ0) is 14.0. The van der Waals surface area contributed by atoms with Crippen LogP contribution in [-0.4, -0.2) is 9.78 Å². The van der Waals surface area contributed by atoms with Gasteiger partial charge in [0, 0.05) is 12.1 Å². The maximum atomic E-state index is 13.4. The van der Waals surface area contributed by atoms with E-state index in [1.165, 1.54) is 0 Å². The second-order valence-corrected chi connectivity index (χ2v) is 3.98. The second kappa shape index (κ2) is 5.29. The standard InChI is InChI=1S/C12H11F4N3/c1-7-11(6-19(18-7)12(15)16)17-5-8-4-9(13)2-3-10(8)14/h2-4,6,12,17H,5H2,1H3. The highest BCUT2D eigenvalue weighted by Crippen LogP contribution is 2.19. The van der Waals surface area contributed by atoms with Crippen LogP contribution in [0.25, 0.3) is 0 Å². The van der Waals surface area contributed by atoms with Crippen LogP contribution in [0.15, 0.2) is 24.4 Å². The van der Waals surface area contributed by atoms with Gasteiger partial charge >= 0.3 is 6.55 Å². The molecule has 0 atom stereocenters. The Labute approximate surface area is 106 Å². The van der Waals surface area contributed by atoms with Gasteiger partial charge in [-0.25, -0.2) is 13.5 Å². The third-order valence-electron chi connectivity index (χ3n) is 2.59. The Kier molecular flexibility index (Phi) is 3.73. The quantitative estimate of drug-likeness (QED) is 0.864. The number of hydrogen-bond donors (Lipinski definition) is 1. The Hall–Kier alpha value is -2.05. The van der Waals surface area contributed by atoms with E-state index in [0.717, 1.165) is 24.4 Å². The molecule has 19 heavy (non-hydrogen) atoms. The van der Waals surface area contributed by atoms with E-state index in [9.17, 15) is 17.6 Å². The Balaban J connectivity index is 2.12. The van der Waals surface area contributed by atoms with Gasteiger partial charge in [0.2, 0.25) is 0 Å². The molecule has 0 saturated heterocycles. The van der Waals surface area contributed by atoms with Crippen molar-refractivity contribution < 1.29 is 17.6 Å². The normalized spacial score (nSPS) is 11.1. The summed E-state index contributed by atoms with van der Waals surface area (Å²) >= 11 is 0. The SMILES string of the molecule is Cc1nn(C(F)F)cc1NCc1cc(F)ccc1F. The van der Waals surface area contributed by atoms with Crippen molar-refractivity contribution in [1.82, 2.24) is 9.78 Å². The van der Waals surface area contributed by atoms with E-state index in [1.807, 2.05) is 0 Å². The summed E-state index contributed by atoms with van der Waals surface area (Å²) in [6.07, 6.45) is 1.12. The molecule has 0 aliphatic rings. The number of nitrogens with one attached hydrogen (secondary N) is 1. The molecule has 1 aromatic heterocycles. The van der Waals surface area contributed by atoms with Gasteiger partial charge in [0.1, 0.15) is 11.6 Å². The molecule has 0 fully saturated rings. The lowest BCUT2D eigenvalue weighted by atomic mass is 10.2. The van der Waals surface area contributed by atoms with Gasteiger partial charge in [-0.3, -0.25) is 0 Å². The number of alkyl halides is 2. The Morgan fingerprint density at radius 1 is 1.32 bits per heavy atom. The molecule has 0 aliphatic heterocycles. The molecule has 7 heteroatoms. The van der Waals surface area contributed by atoms with E-state index in [1.54, 1.807) is 6.92 Å². The maximum Gasteiger partial charge on any atom is 0.333 e. The summed E-state index contributed by atoms with van der Waals surface area (Å²) in [7, 11) is 0. The van der Waals surface area contributed by atoms with E-state index >= 15 is 0 Å². The van der Waals surface area contributed by atoms with Crippen LogP contribution in [0.2, 0.25) is 0 Å². The summed E-state index contributed by atoms with van der Waals surface area (Å²) in [4.78, 5) is 0. The fourth-order valence-electron chi connectivity index (χ4n) is 1.62. The molecule has 102 valence electrons. The molecule has 2 aromatic rings. The highest BCUT2D eigenvalue weighted by Gasteiger charge is 2.11. The maximum absolute atomic E-state index is 13.4. The van der Waals surface area contributed by atoms with Crippen molar-refractivity contribution in [2.24, 2.45) is 0 Å². The molecule has 0 unspecified atom stereocenters. The van der Waals surface area contributed by atoms with E-state index < -0.39 is 18.2 Å². The predicted molar refractivity (Wildman–Crippen MR) is 61.9 cm³/mol. The first-order chi connectivity index (χ1) is 8.97. The van der Waals surface area contributed by atoms with Gasteiger partial charge in [-0.2, -0.15) is 13.9 Å². The first kappa shape index (κ1) is 13.4. The van der Waals surface area contributed by atoms with Crippen molar-refractivity contribution in [3.05, 3.63) is 47.3 Å². The minimum atomic E-state index is -2.74. The third kappa shape index (κ3) is 3.04. The van der Waals surface area contributed by atoms with Crippen molar-refractivity contribution in [1.29, 1.82) is 0 Å². The molecule has 2 rings (SSSR count). The number of rotatable bonds is 4. The number of aromatic nitrogens is 2. The molecular weight excluding hydrogens is 262 g/mol. The minimum absolute atomic E-state index is 0.0145. The van der Waals surface area contributed by atoms with E-state index in [2.05, 4.69) is 10.4 Å². The molecule has 1 aromatic carbocycles. The molecule has 1 heterocycles. The average Bonchev–Trinajstić information content (AvgIpc) is 2.72. The van der Waals surface area contributed by atoms with Gasteiger partial charge in [-0.1, -0.05) is 0 Å². The zero-order valence-corrected chi connectivity index (χ0v) is 10.0. The summed E-state index contributed by atoms with van der Waals surface area (Å²) < 4.78 is 51.6. The van der Waals surface area contributed by atoms with Gasteiger partial charge in [0.15, 0.2) is 0 Å². The van der Waals surface area contributed by atoms with Crippen molar-refractivity contribution in [3.8, 4) is 0 Å². The smallest absolute Gasteiger partial charge is 0.333 e. The number of hydrogen-bond acceptors (Lipinski definition) is 2. The number of nitrogens with zero attached hydrogens (tertiary/aromatic N) is 2. The molecule has 0 aliphatic carbocycles. The second-order valence-electron chi connectivity index (χ2n) is 3.98. The van der Waals surface area contributed by atoms with Crippen molar-refractivity contribution >= 4 is 5.69 Å². The van der Waals surface area contributed by atoms with Crippen molar-refractivity contribution in [2.45, 2.75) is 20.0 Å². The largest absolute Gasteiger partial charge is 0.378 e. The number of aryl methyl sites for hydroxylation is 1. The lowest BCUT2D eigenvalue weighted by molar-refractivity contribution is 0.0563. The number of anilines is 1. The monoisotopic (exact) mass is 273 g/mol. The van der Waals surface area contributed by atoms with Crippen LogP contribution in [0.5, 0.6) is 0 Å². The first-order valence-electron chi connectivity index (χ1n) is 5.49. The summed E-state index contributed by atoms with van der Waals surface area (Å²) in [5.41, 5.74) is 0.824. The molecule has 0 amide bonds. The summed E-state index contributed by atoms with van der Waals surface area (Å²) in [5.74, 6) is -1.12. The predicted octanol–water partition coefficient (Wildman–Crippen LogP) is 3.48. The summed E-state index contributed by atoms with van der Waals surface area (Å²) in [6.45, 7) is -1.21. The molecule has 0 saturated carbocycles.